The van der Waals surface area contributed by atoms with Crippen LogP contribution in [0.5, 0.6) is 0 Å². The van der Waals surface area contributed by atoms with Crippen molar-refractivity contribution in [2.45, 2.75) is 23.8 Å². The van der Waals surface area contributed by atoms with Gasteiger partial charge in [0.25, 0.3) is 0 Å². The predicted molar refractivity (Wildman–Crippen MR) is 42.7 cm³/mol. The zero-order valence-corrected chi connectivity index (χ0v) is 6.74. The molecule has 1 fully saturated rings. The normalized spacial score (nSPS) is 45.9. The van der Waals surface area contributed by atoms with E-state index in [9.17, 15) is 10.2 Å². The Morgan fingerprint density at radius 3 is 2.46 bits per heavy atom. The van der Waals surface area contributed by atoms with Crippen LogP contribution in [0, 0.1) is 0 Å². The molecule has 72 valence electrons. The van der Waals surface area contributed by atoms with E-state index in [0.29, 0.717) is 0 Å². The molecule has 1 saturated heterocycles. The number of rotatable bonds is 2. The number of ether oxygens (including phenoxy) is 1. The molecule has 1 aliphatic rings. The lowest BCUT2D eigenvalue weighted by Gasteiger charge is -2.24. The number of nitrogens with zero attached hydrogens (tertiary/aromatic N) is 1. The molecule has 0 aromatic rings. The zero-order chi connectivity index (χ0) is 10.1. The average Bonchev–Trinajstić information content (AvgIpc) is 2.32. The second kappa shape index (κ2) is 3.63. The van der Waals surface area contributed by atoms with Gasteiger partial charge in [0, 0.05) is 6.00 Å². The Balaban J connectivity index is 2.89. The highest BCUT2D eigenvalue weighted by Gasteiger charge is 2.51. The van der Waals surface area contributed by atoms with Gasteiger partial charge in [0.1, 0.15) is 20.1 Å². The van der Waals surface area contributed by atoms with Gasteiger partial charge in [0.15, 0.2) is 5.60 Å². The topological polar surface area (TPSA) is 103 Å². The third-order valence-corrected chi connectivity index (χ3v) is 2.04. The maximum absolute atomic E-state index is 9.39. The van der Waals surface area contributed by atoms with Gasteiger partial charge in [-0.2, -0.15) is 0 Å². The summed E-state index contributed by atoms with van der Waals surface area (Å²) >= 11 is 0. The van der Waals surface area contributed by atoms with Crippen molar-refractivity contribution in [2.75, 3.05) is 6.61 Å². The van der Waals surface area contributed by atoms with Crippen LogP contribution in [0.1, 0.15) is 0 Å². The van der Waals surface area contributed by atoms with Crippen molar-refractivity contribution in [2.24, 2.45) is 5.16 Å². The van der Waals surface area contributed by atoms with Crippen molar-refractivity contribution >= 4 is 14.1 Å². The molecule has 0 unspecified atom stereocenters. The summed E-state index contributed by atoms with van der Waals surface area (Å²) in [4.78, 5) is 0. The summed E-state index contributed by atoms with van der Waals surface area (Å²) in [6, 6.07) is -1.11. The summed E-state index contributed by atoms with van der Waals surface area (Å²) in [7, 11) is 5.26. The SMILES string of the molecule is [B][C@@H]1O[C@](/C=N\O)(CO)[C@@H](O)[C@H]1O. The third kappa shape index (κ3) is 1.55. The first kappa shape index (κ1) is 10.5. The van der Waals surface area contributed by atoms with Crippen LogP contribution in [0.2, 0.25) is 0 Å². The molecule has 0 aromatic heterocycles. The second-order valence-electron chi connectivity index (χ2n) is 2.88. The molecule has 0 bridgehead atoms. The summed E-state index contributed by atoms with van der Waals surface area (Å²) in [5.74, 6) is 0. The fourth-order valence-corrected chi connectivity index (χ4v) is 1.24. The average molecular weight is 187 g/mol. The maximum Gasteiger partial charge on any atom is 0.157 e. The third-order valence-electron chi connectivity index (χ3n) is 2.04. The van der Waals surface area contributed by atoms with E-state index in [1.165, 1.54) is 0 Å². The molecule has 1 heterocycles. The Kier molecular flexibility index (Phi) is 2.92. The Morgan fingerprint density at radius 1 is 1.54 bits per heavy atom. The Hall–Kier alpha value is -0.625. The molecule has 0 amide bonds. The van der Waals surface area contributed by atoms with Crippen molar-refractivity contribution in [3.63, 3.8) is 0 Å². The molecule has 0 saturated carbocycles. The molecule has 4 N–H and O–H groups in total. The van der Waals surface area contributed by atoms with Crippen molar-refractivity contribution in [3.8, 4) is 0 Å². The van der Waals surface area contributed by atoms with E-state index < -0.39 is 30.4 Å². The minimum Gasteiger partial charge on any atom is -0.411 e. The molecule has 0 spiro atoms. The number of hydrogen-bond donors (Lipinski definition) is 4. The van der Waals surface area contributed by atoms with Crippen LogP contribution in [-0.2, 0) is 4.74 Å². The Morgan fingerprint density at radius 2 is 2.15 bits per heavy atom. The molecule has 0 aliphatic carbocycles. The lowest BCUT2D eigenvalue weighted by atomic mass is 9.90. The van der Waals surface area contributed by atoms with Crippen LogP contribution in [0.3, 0.4) is 0 Å². The zero-order valence-electron chi connectivity index (χ0n) is 6.74. The van der Waals surface area contributed by atoms with Crippen molar-refractivity contribution in [1.82, 2.24) is 0 Å². The van der Waals surface area contributed by atoms with Gasteiger partial charge in [0.05, 0.1) is 12.8 Å². The number of oxime groups is 1. The maximum atomic E-state index is 9.39. The number of aliphatic hydroxyl groups excluding tert-OH is 3. The van der Waals surface area contributed by atoms with E-state index in [2.05, 4.69) is 5.16 Å². The number of aliphatic hydroxyl groups is 3. The van der Waals surface area contributed by atoms with Crippen LogP contribution in [0.15, 0.2) is 5.16 Å². The monoisotopic (exact) mass is 187 g/mol. The van der Waals surface area contributed by atoms with Gasteiger partial charge < -0.3 is 25.3 Å². The van der Waals surface area contributed by atoms with E-state index in [4.69, 9.17) is 22.9 Å². The second-order valence-corrected chi connectivity index (χ2v) is 2.88. The summed E-state index contributed by atoms with van der Waals surface area (Å²) < 4.78 is 4.88. The summed E-state index contributed by atoms with van der Waals surface area (Å²) in [5, 5.41) is 38.4. The first-order valence-electron chi connectivity index (χ1n) is 3.66. The molecular weight excluding hydrogens is 177 g/mol. The molecule has 0 aromatic carbocycles. The predicted octanol–water partition coefficient (Wildman–Crippen LogP) is -2.58. The van der Waals surface area contributed by atoms with Gasteiger partial charge in [-0.3, -0.25) is 0 Å². The summed E-state index contributed by atoms with van der Waals surface area (Å²) in [5.41, 5.74) is -1.62. The fourth-order valence-electron chi connectivity index (χ4n) is 1.24. The molecular formula is C6H10BNO5. The van der Waals surface area contributed by atoms with Crippen LogP contribution < -0.4 is 0 Å². The van der Waals surface area contributed by atoms with Crippen LogP contribution in [0.25, 0.3) is 0 Å². The standard InChI is InChI=1S/C6H10BNO5/c7-5-3(10)4(11)6(2-9,13-5)1-8-12/h1,3-5,9-12H,2H2/b8-1-/t3-,4+,5-,6-/m1/s1. The van der Waals surface area contributed by atoms with E-state index in [1.54, 1.807) is 0 Å². The van der Waals surface area contributed by atoms with Gasteiger partial charge in [-0.1, -0.05) is 5.16 Å². The van der Waals surface area contributed by atoms with Crippen LogP contribution in [-0.4, -0.2) is 65.0 Å². The summed E-state index contributed by atoms with van der Waals surface area (Å²) in [6.07, 6.45) is -1.93. The molecule has 1 rings (SSSR count). The highest BCUT2D eigenvalue weighted by Crippen LogP contribution is 2.28. The van der Waals surface area contributed by atoms with Crippen LogP contribution in [0.4, 0.5) is 0 Å². The fraction of sp³-hybridized carbons (Fsp3) is 0.833. The van der Waals surface area contributed by atoms with Crippen molar-refractivity contribution < 1.29 is 25.3 Å². The van der Waals surface area contributed by atoms with Gasteiger partial charge in [-0.25, -0.2) is 0 Å². The molecule has 4 atom stereocenters. The molecule has 13 heavy (non-hydrogen) atoms. The van der Waals surface area contributed by atoms with E-state index in [-0.39, 0.29) is 0 Å². The van der Waals surface area contributed by atoms with E-state index in [1.807, 2.05) is 0 Å². The van der Waals surface area contributed by atoms with Gasteiger partial charge in [0.2, 0.25) is 0 Å². The van der Waals surface area contributed by atoms with Crippen LogP contribution >= 0.6 is 0 Å². The molecule has 6 nitrogen and oxygen atoms in total. The lowest BCUT2D eigenvalue weighted by Crippen LogP contribution is -2.47. The van der Waals surface area contributed by atoms with Crippen molar-refractivity contribution in [1.29, 1.82) is 0 Å². The Labute approximate surface area is 75.8 Å². The van der Waals surface area contributed by atoms with Crippen molar-refractivity contribution in [3.05, 3.63) is 0 Å². The molecule has 1 aliphatic heterocycles. The quantitative estimate of drug-likeness (QED) is 0.164. The first-order chi connectivity index (χ1) is 6.07. The highest BCUT2D eigenvalue weighted by atomic mass is 16.6. The van der Waals surface area contributed by atoms with Gasteiger partial charge in [-0.05, 0) is 0 Å². The lowest BCUT2D eigenvalue weighted by molar-refractivity contribution is -0.0491. The molecule has 7 heteroatoms. The summed E-state index contributed by atoms with van der Waals surface area (Å²) in [6.45, 7) is -0.636. The first-order valence-corrected chi connectivity index (χ1v) is 3.66. The largest absolute Gasteiger partial charge is 0.411 e. The highest BCUT2D eigenvalue weighted by molar-refractivity contribution is 6.12. The van der Waals surface area contributed by atoms with E-state index in [0.717, 1.165) is 6.21 Å². The smallest absolute Gasteiger partial charge is 0.157 e. The minimum absolute atomic E-state index is 0.636. The minimum atomic E-state index is -1.62. The number of hydrogen-bond acceptors (Lipinski definition) is 6. The molecule has 2 radical (unpaired) electrons. The van der Waals surface area contributed by atoms with Gasteiger partial charge in [-0.15, -0.1) is 0 Å². The van der Waals surface area contributed by atoms with Gasteiger partial charge >= 0.3 is 0 Å². The van der Waals surface area contributed by atoms with E-state index >= 15 is 0 Å². The Bertz CT molecular complexity index is 213.